The summed E-state index contributed by atoms with van der Waals surface area (Å²) in [6, 6.07) is 6.97. The summed E-state index contributed by atoms with van der Waals surface area (Å²) in [5.41, 5.74) is 0.766. The van der Waals surface area contributed by atoms with Crippen LogP contribution < -0.4 is 0 Å². The molecule has 1 unspecified atom stereocenters. The molecule has 1 aromatic carbocycles. The van der Waals surface area contributed by atoms with Gasteiger partial charge in [-0.15, -0.1) is 0 Å². The number of carbonyl (C=O) groups is 1. The highest BCUT2D eigenvalue weighted by molar-refractivity contribution is 7.91. The van der Waals surface area contributed by atoms with Gasteiger partial charge in [-0.1, -0.05) is 29.8 Å². The van der Waals surface area contributed by atoms with Gasteiger partial charge in [-0.25, -0.2) is 8.42 Å². The van der Waals surface area contributed by atoms with Crippen LogP contribution in [0.5, 0.6) is 0 Å². The Morgan fingerprint density at radius 3 is 2.68 bits per heavy atom. The van der Waals surface area contributed by atoms with E-state index in [-0.39, 0.29) is 29.9 Å². The summed E-state index contributed by atoms with van der Waals surface area (Å²) in [6.07, 6.45) is 0.722. The average molecular weight is 302 g/mol. The molecule has 0 N–H and O–H groups in total. The van der Waals surface area contributed by atoms with Crippen molar-refractivity contribution in [1.29, 1.82) is 0 Å². The minimum absolute atomic E-state index is 0.0672. The number of likely N-dealkylation sites (N-methyl/N-ethyl adjacent to an activating group) is 1. The molecule has 104 valence electrons. The van der Waals surface area contributed by atoms with E-state index in [4.69, 9.17) is 11.6 Å². The highest BCUT2D eigenvalue weighted by Gasteiger charge is 2.32. The first kappa shape index (κ1) is 14.3. The lowest BCUT2D eigenvalue weighted by Gasteiger charge is -2.23. The van der Waals surface area contributed by atoms with Crippen LogP contribution in [-0.2, 0) is 21.1 Å². The second kappa shape index (κ2) is 5.51. The van der Waals surface area contributed by atoms with Gasteiger partial charge < -0.3 is 4.90 Å². The normalized spacial score (nSPS) is 21.3. The molecule has 0 spiro atoms. The molecule has 1 aromatic rings. The van der Waals surface area contributed by atoms with Crippen LogP contribution in [0.1, 0.15) is 12.0 Å². The van der Waals surface area contributed by atoms with Gasteiger partial charge in [0.05, 0.1) is 17.9 Å². The average Bonchev–Trinajstić information content (AvgIpc) is 2.71. The molecule has 4 nitrogen and oxygen atoms in total. The smallest absolute Gasteiger partial charge is 0.227 e. The van der Waals surface area contributed by atoms with Crippen LogP contribution in [0, 0.1) is 0 Å². The Labute approximate surface area is 118 Å². The number of rotatable bonds is 3. The largest absolute Gasteiger partial charge is 0.341 e. The molecule has 6 heteroatoms. The van der Waals surface area contributed by atoms with Crippen LogP contribution in [0.15, 0.2) is 24.3 Å². The molecule has 2 rings (SSSR count). The number of sulfone groups is 1. The van der Waals surface area contributed by atoms with Crippen molar-refractivity contribution >= 4 is 27.3 Å². The molecule has 1 aliphatic heterocycles. The van der Waals surface area contributed by atoms with Crippen molar-refractivity contribution in [3.63, 3.8) is 0 Å². The number of halogens is 1. The molecule has 1 saturated heterocycles. The third kappa shape index (κ3) is 3.48. The monoisotopic (exact) mass is 301 g/mol. The van der Waals surface area contributed by atoms with Gasteiger partial charge in [-0.3, -0.25) is 4.79 Å². The Balaban J connectivity index is 2.03. The van der Waals surface area contributed by atoms with Gasteiger partial charge >= 0.3 is 0 Å². The lowest BCUT2D eigenvalue weighted by atomic mass is 10.1. The third-order valence-corrected chi connectivity index (χ3v) is 5.57. The quantitative estimate of drug-likeness (QED) is 0.851. The fourth-order valence-corrected chi connectivity index (χ4v) is 4.19. The maximum Gasteiger partial charge on any atom is 0.227 e. The van der Waals surface area contributed by atoms with Crippen LogP contribution in [0.4, 0.5) is 0 Å². The van der Waals surface area contributed by atoms with Gasteiger partial charge in [-0.2, -0.15) is 0 Å². The van der Waals surface area contributed by atoms with Crippen molar-refractivity contribution in [1.82, 2.24) is 4.90 Å². The zero-order valence-corrected chi connectivity index (χ0v) is 12.2. The summed E-state index contributed by atoms with van der Waals surface area (Å²) in [7, 11) is -1.32. The SMILES string of the molecule is CN(C(=O)Cc1ccccc1Cl)C1CCS(=O)(=O)C1. The standard InChI is InChI=1S/C13H16ClNO3S/c1-15(11-6-7-19(17,18)9-11)13(16)8-10-4-2-3-5-12(10)14/h2-5,11H,6-9H2,1H3. The van der Waals surface area contributed by atoms with E-state index in [1.54, 1.807) is 19.2 Å². The number of hydrogen-bond donors (Lipinski definition) is 0. The number of carbonyl (C=O) groups excluding carboxylic acids is 1. The van der Waals surface area contributed by atoms with Gasteiger partial charge in [0, 0.05) is 18.1 Å². The van der Waals surface area contributed by atoms with Gasteiger partial charge in [0.2, 0.25) is 5.91 Å². The van der Waals surface area contributed by atoms with Gasteiger partial charge in [0.1, 0.15) is 0 Å². The first-order valence-corrected chi connectivity index (χ1v) is 8.28. The van der Waals surface area contributed by atoms with E-state index in [1.807, 2.05) is 12.1 Å². The molecule has 0 aliphatic carbocycles. The second-order valence-corrected chi connectivity index (χ2v) is 7.47. The highest BCUT2D eigenvalue weighted by Crippen LogP contribution is 2.20. The lowest BCUT2D eigenvalue weighted by molar-refractivity contribution is -0.130. The minimum Gasteiger partial charge on any atom is -0.341 e. The third-order valence-electron chi connectivity index (χ3n) is 3.45. The molecule has 1 heterocycles. The van der Waals surface area contributed by atoms with Gasteiger partial charge in [-0.05, 0) is 18.1 Å². The van der Waals surface area contributed by atoms with Crippen LogP contribution in [0.3, 0.4) is 0 Å². The predicted molar refractivity (Wildman–Crippen MR) is 75.0 cm³/mol. The van der Waals surface area contributed by atoms with Crippen LogP contribution in [-0.4, -0.2) is 43.8 Å². The summed E-state index contributed by atoms with van der Waals surface area (Å²) in [5.74, 6) is 0.134. The van der Waals surface area contributed by atoms with E-state index < -0.39 is 9.84 Å². The predicted octanol–water partition coefficient (Wildman–Crippen LogP) is 1.53. The Hall–Kier alpha value is -1.07. The van der Waals surface area contributed by atoms with Crippen LogP contribution >= 0.6 is 11.6 Å². The first-order chi connectivity index (χ1) is 8.89. The lowest BCUT2D eigenvalue weighted by Crippen LogP contribution is -2.38. The maximum absolute atomic E-state index is 12.1. The Kier molecular flexibility index (Phi) is 4.16. The van der Waals surface area contributed by atoms with Gasteiger partial charge in [0.15, 0.2) is 9.84 Å². The van der Waals surface area contributed by atoms with E-state index in [2.05, 4.69) is 0 Å². The van der Waals surface area contributed by atoms with Crippen molar-refractivity contribution < 1.29 is 13.2 Å². The number of benzene rings is 1. The topological polar surface area (TPSA) is 54.5 Å². The molecule has 0 radical (unpaired) electrons. The van der Waals surface area contributed by atoms with Crippen LogP contribution in [0.2, 0.25) is 5.02 Å². The molecule has 0 saturated carbocycles. The zero-order valence-electron chi connectivity index (χ0n) is 10.7. The van der Waals surface area contributed by atoms with E-state index in [0.29, 0.717) is 11.4 Å². The first-order valence-electron chi connectivity index (χ1n) is 6.08. The minimum atomic E-state index is -2.97. The van der Waals surface area contributed by atoms with Crippen LogP contribution in [0.25, 0.3) is 0 Å². The van der Waals surface area contributed by atoms with Crippen molar-refractivity contribution in [2.75, 3.05) is 18.6 Å². The molecule has 1 atom stereocenters. The molecule has 1 aliphatic rings. The van der Waals surface area contributed by atoms with Crippen molar-refractivity contribution in [2.24, 2.45) is 0 Å². The Bertz CT molecular complexity index is 585. The number of amides is 1. The fraction of sp³-hybridized carbons (Fsp3) is 0.462. The van der Waals surface area contributed by atoms with Crippen molar-refractivity contribution in [2.45, 2.75) is 18.9 Å². The van der Waals surface area contributed by atoms with Crippen molar-refractivity contribution in [3.05, 3.63) is 34.9 Å². The Morgan fingerprint density at radius 2 is 2.11 bits per heavy atom. The highest BCUT2D eigenvalue weighted by atomic mass is 35.5. The summed E-state index contributed by atoms with van der Waals surface area (Å²) >= 11 is 6.01. The molecule has 0 bridgehead atoms. The molecule has 1 fully saturated rings. The Morgan fingerprint density at radius 1 is 1.42 bits per heavy atom. The molecular formula is C13H16ClNO3S. The van der Waals surface area contributed by atoms with Gasteiger partial charge in [0.25, 0.3) is 0 Å². The molecule has 19 heavy (non-hydrogen) atoms. The second-order valence-electron chi connectivity index (χ2n) is 4.83. The van der Waals surface area contributed by atoms with E-state index in [1.165, 1.54) is 4.90 Å². The molecular weight excluding hydrogens is 286 g/mol. The maximum atomic E-state index is 12.1. The molecule has 1 amide bonds. The number of hydrogen-bond acceptors (Lipinski definition) is 3. The number of nitrogens with zero attached hydrogens (tertiary/aromatic N) is 1. The zero-order chi connectivity index (χ0) is 14.0. The van der Waals surface area contributed by atoms with E-state index in [9.17, 15) is 13.2 Å². The van der Waals surface area contributed by atoms with Crippen molar-refractivity contribution in [3.8, 4) is 0 Å². The summed E-state index contributed by atoms with van der Waals surface area (Å²) in [4.78, 5) is 13.7. The molecule has 0 aromatic heterocycles. The summed E-state index contributed by atoms with van der Waals surface area (Å²) in [5, 5.41) is 0.559. The van der Waals surface area contributed by atoms with E-state index in [0.717, 1.165) is 5.56 Å². The fourth-order valence-electron chi connectivity index (χ4n) is 2.21. The van der Waals surface area contributed by atoms with E-state index >= 15 is 0 Å². The summed E-state index contributed by atoms with van der Waals surface area (Å²) in [6.45, 7) is 0. The summed E-state index contributed by atoms with van der Waals surface area (Å²) < 4.78 is 22.8.